The van der Waals surface area contributed by atoms with Gasteiger partial charge in [-0.25, -0.2) is 9.78 Å². The number of anilines is 1. The van der Waals surface area contributed by atoms with Crippen LogP contribution in [0.25, 0.3) is 11.0 Å². The van der Waals surface area contributed by atoms with Gasteiger partial charge < -0.3 is 15.0 Å². The first-order valence-electron chi connectivity index (χ1n) is 6.62. The average Bonchev–Trinajstić information content (AvgIpc) is 2.96. The highest BCUT2D eigenvalue weighted by atomic mass is 16.5. The lowest BCUT2D eigenvalue weighted by Gasteiger charge is -2.10. The molecule has 21 heavy (non-hydrogen) atoms. The summed E-state index contributed by atoms with van der Waals surface area (Å²) < 4.78 is 4.79. The van der Waals surface area contributed by atoms with E-state index < -0.39 is 0 Å². The van der Waals surface area contributed by atoms with Crippen LogP contribution in [0.5, 0.6) is 0 Å². The monoisotopic (exact) mass is 281 g/mol. The van der Waals surface area contributed by atoms with Gasteiger partial charge in [-0.2, -0.15) is 0 Å². The topological polar surface area (TPSA) is 67.0 Å². The van der Waals surface area contributed by atoms with Crippen molar-refractivity contribution >= 4 is 22.7 Å². The number of hydrogen-bond acceptors (Lipinski definition) is 4. The Morgan fingerprint density at radius 2 is 2.14 bits per heavy atom. The molecular weight excluding hydrogens is 266 g/mol. The lowest BCUT2D eigenvalue weighted by molar-refractivity contribution is 0.0602. The molecule has 0 saturated heterocycles. The molecule has 0 amide bonds. The highest BCUT2D eigenvalue weighted by Gasteiger charge is 2.11. The van der Waals surface area contributed by atoms with Crippen molar-refractivity contribution in [3.05, 3.63) is 59.9 Å². The number of methoxy groups -OCH3 is 1. The van der Waals surface area contributed by atoms with Crippen LogP contribution in [0.3, 0.4) is 0 Å². The number of aromatic amines is 1. The first-order valence-corrected chi connectivity index (χ1v) is 6.62. The predicted octanol–water partition coefficient (Wildman–Crippen LogP) is 2.96. The van der Waals surface area contributed by atoms with Crippen LogP contribution in [0.4, 0.5) is 5.69 Å². The third-order valence-electron chi connectivity index (χ3n) is 3.34. The van der Waals surface area contributed by atoms with E-state index in [0.29, 0.717) is 12.1 Å². The third kappa shape index (κ3) is 2.58. The molecule has 2 heterocycles. The number of fused-ring (bicyclic) bond motifs is 1. The van der Waals surface area contributed by atoms with Gasteiger partial charge in [-0.05, 0) is 29.8 Å². The number of esters is 1. The Labute approximate surface area is 122 Å². The zero-order valence-electron chi connectivity index (χ0n) is 11.6. The number of nitrogens with zero attached hydrogens (tertiary/aromatic N) is 1. The smallest absolute Gasteiger partial charge is 0.339 e. The molecule has 0 radical (unpaired) electrons. The molecule has 2 N–H and O–H groups in total. The second-order valence-corrected chi connectivity index (χ2v) is 4.60. The van der Waals surface area contributed by atoms with Gasteiger partial charge in [0.15, 0.2) is 0 Å². The molecule has 3 rings (SSSR count). The molecule has 0 saturated carbocycles. The van der Waals surface area contributed by atoms with Crippen LogP contribution in [0.15, 0.2) is 48.8 Å². The maximum atomic E-state index is 11.7. The molecule has 3 aromatic rings. The number of carbonyl (C=O) groups excluding carboxylic acids is 1. The summed E-state index contributed by atoms with van der Waals surface area (Å²) in [5.74, 6) is -0.348. The fourth-order valence-corrected chi connectivity index (χ4v) is 2.27. The number of pyridine rings is 1. The van der Waals surface area contributed by atoms with Crippen molar-refractivity contribution in [2.75, 3.05) is 12.4 Å². The Morgan fingerprint density at radius 1 is 1.29 bits per heavy atom. The van der Waals surface area contributed by atoms with Crippen LogP contribution in [-0.2, 0) is 11.3 Å². The second-order valence-electron chi connectivity index (χ2n) is 4.60. The van der Waals surface area contributed by atoms with E-state index in [0.717, 1.165) is 22.3 Å². The van der Waals surface area contributed by atoms with Crippen LogP contribution < -0.4 is 5.32 Å². The Balaban J connectivity index is 1.84. The van der Waals surface area contributed by atoms with Crippen LogP contribution >= 0.6 is 0 Å². The number of ether oxygens (including phenoxy) is 1. The van der Waals surface area contributed by atoms with Gasteiger partial charge in [-0.3, -0.25) is 0 Å². The van der Waals surface area contributed by atoms with Crippen LogP contribution in [0.2, 0.25) is 0 Å². The number of hydrogen-bond donors (Lipinski definition) is 2. The lowest BCUT2D eigenvalue weighted by atomic mass is 10.1. The Bertz CT molecular complexity index is 780. The van der Waals surface area contributed by atoms with Crippen LogP contribution in [-0.4, -0.2) is 23.0 Å². The van der Waals surface area contributed by atoms with E-state index >= 15 is 0 Å². The van der Waals surface area contributed by atoms with Crippen molar-refractivity contribution in [3.63, 3.8) is 0 Å². The summed E-state index contributed by atoms with van der Waals surface area (Å²) in [4.78, 5) is 19.1. The zero-order valence-corrected chi connectivity index (χ0v) is 11.6. The molecule has 0 aliphatic heterocycles. The van der Waals surface area contributed by atoms with Crippen molar-refractivity contribution in [2.45, 2.75) is 6.54 Å². The minimum Gasteiger partial charge on any atom is -0.465 e. The van der Waals surface area contributed by atoms with E-state index in [1.165, 1.54) is 7.11 Å². The van der Waals surface area contributed by atoms with Crippen molar-refractivity contribution < 1.29 is 9.53 Å². The van der Waals surface area contributed by atoms with E-state index in [1.54, 1.807) is 12.3 Å². The summed E-state index contributed by atoms with van der Waals surface area (Å²) >= 11 is 0. The van der Waals surface area contributed by atoms with Crippen LogP contribution in [0.1, 0.15) is 15.9 Å². The number of carbonyl (C=O) groups is 1. The summed E-state index contributed by atoms with van der Waals surface area (Å²) in [5, 5.41) is 4.34. The largest absolute Gasteiger partial charge is 0.465 e. The maximum absolute atomic E-state index is 11.7. The van der Waals surface area contributed by atoms with Gasteiger partial charge in [-0.1, -0.05) is 12.1 Å². The summed E-state index contributed by atoms with van der Waals surface area (Å²) in [5.41, 5.74) is 3.23. The van der Waals surface area contributed by atoms with Gasteiger partial charge in [0.2, 0.25) is 0 Å². The van der Waals surface area contributed by atoms with Crippen molar-refractivity contribution in [2.24, 2.45) is 0 Å². The molecule has 2 aromatic heterocycles. The Morgan fingerprint density at radius 3 is 3.00 bits per heavy atom. The summed E-state index contributed by atoms with van der Waals surface area (Å²) in [7, 11) is 1.38. The number of benzene rings is 1. The van der Waals surface area contributed by atoms with Gasteiger partial charge in [0.05, 0.1) is 12.7 Å². The average molecular weight is 281 g/mol. The van der Waals surface area contributed by atoms with Gasteiger partial charge in [-0.15, -0.1) is 0 Å². The molecule has 0 aliphatic rings. The first-order chi connectivity index (χ1) is 10.3. The number of nitrogens with one attached hydrogen (secondary N) is 2. The molecule has 0 aliphatic carbocycles. The number of H-pyrrole nitrogens is 1. The van der Waals surface area contributed by atoms with E-state index in [-0.39, 0.29) is 5.97 Å². The van der Waals surface area contributed by atoms with E-state index in [9.17, 15) is 4.79 Å². The van der Waals surface area contributed by atoms with Crippen molar-refractivity contribution in [1.82, 2.24) is 9.97 Å². The fourth-order valence-electron chi connectivity index (χ4n) is 2.27. The quantitative estimate of drug-likeness (QED) is 0.721. The van der Waals surface area contributed by atoms with E-state index in [4.69, 9.17) is 4.74 Å². The molecule has 0 unspecified atom stereocenters. The number of aromatic nitrogens is 2. The van der Waals surface area contributed by atoms with Crippen molar-refractivity contribution in [1.29, 1.82) is 0 Å². The van der Waals surface area contributed by atoms with Gasteiger partial charge in [0.1, 0.15) is 5.65 Å². The molecule has 5 heteroatoms. The number of para-hydroxylation sites is 1. The highest BCUT2D eigenvalue weighted by molar-refractivity contribution is 5.95. The summed E-state index contributed by atoms with van der Waals surface area (Å²) in [6.07, 6.45) is 3.67. The highest BCUT2D eigenvalue weighted by Crippen LogP contribution is 2.20. The minimum atomic E-state index is -0.348. The lowest BCUT2D eigenvalue weighted by Crippen LogP contribution is -2.07. The normalized spacial score (nSPS) is 10.5. The SMILES string of the molecule is COC(=O)c1ccccc1NCc1c[nH]c2ncccc12. The molecule has 0 fully saturated rings. The van der Waals surface area contributed by atoms with Gasteiger partial charge in [0, 0.05) is 30.0 Å². The summed E-state index contributed by atoms with van der Waals surface area (Å²) in [6, 6.07) is 11.2. The fraction of sp³-hybridized carbons (Fsp3) is 0.125. The Hall–Kier alpha value is -2.82. The molecule has 0 bridgehead atoms. The zero-order chi connectivity index (χ0) is 14.7. The maximum Gasteiger partial charge on any atom is 0.339 e. The van der Waals surface area contributed by atoms with E-state index in [1.807, 2.05) is 36.5 Å². The van der Waals surface area contributed by atoms with E-state index in [2.05, 4.69) is 15.3 Å². The number of rotatable bonds is 4. The first kappa shape index (κ1) is 13.2. The van der Waals surface area contributed by atoms with Gasteiger partial charge >= 0.3 is 5.97 Å². The molecule has 5 nitrogen and oxygen atoms in total. The molecule has 1 aromatic carbocycles. The molecule has 0 spiro atoms. The Kier molecular flexibility index (Phi) is 3.55. The second kappa shape index (κ2) is 5.66. The molecule has 106 valence electrons. The standard InChI is InChI=1S/C16H15N3O2/c1-21-16(20)13-5-2-3-7-14(13)18-9-11-10-19-15-12(11)6-4-8-17-15/h2-8,10,18H,9H2,1H3,(H,17,19). The van der Waals surface area contributed by atoms with Crippen LogP contribution in [0, 0.1) is 0 Å². The van der Waals surface area contributed by atoms with Gasteiger partial charge in [0.25, 0.3) is 0 Å². The molecule has 0 atom stereocenters. The summed E-state index contributed by atoms with van der Waals surface area (Å²) in [6.45, 7) is 0.597. The third-order valence-corrected chi connectivity index (χ3v) is 3.34. The predicted molar refractivity (Wildman–Crippen MR) is 81.2 cm³/mol. The molecular formula is C16H15N3O2. The minimum absolute atomic E-state index is 0.348. The van der Waals surface area contributed by atoms with Crippen molar-refractivity contribution in [3.8, 4) is 0 Å².